The highest BCUT2D eigenvalue weighted by molar-refractivity contribution is 6.31. The SMILES string of the molecule is O=C(NC1CCCCC1)C(C1CCCCC1)C1(c2ccc(F)cc2)Nc2cc(F)c(Cl)cc2N1. The molecule has 0 spiro atoms. The minimum Gasteiger partial charge on any atom is -0.357 e. The van der Waals surface area contributed by atoms with Crippen LogP contribution in [0.3, 0.4) is 0 Å². The number of fused-ring (bicyclic) bond motifs is 1. The molecule has 2 aromatic carbocycles. The molecule has 1 amide bonds. The van der Waals surface area contributed by atoms with Gasteiger partial charge in [0.2, 0.25) is 5.91 Å². The minimum atomic E-state index is -1.03. The van der Waals surface area contributed by atoms with Gasteiger partial charge in [0.15, 0.2) is 0 Å². The summed E-state index contributed by atoms with van der Waals surface area (Å²) in [6.45, 7) is 0. The largest absolute Gasteiger partial charge is 0.357 e. The smallest absolute Gasteiger partial charge is 0.228 e. The van der Waals surface area contributed by atoms with Crippen LogP contribution in [-0.4, -0.2) is 11.9 Å². The zero-order valence-electron chi connectivity index (χ0n) is 19.3. The van der Waals surface area contributed by atoms with E-state index >= 15 is 0 Å². The van der Waals surface area contributed by atoms with Gasteiger partial charge >= 0.3 is 0 Å². The fraction of sp³-hybridized carbons (Fsp3) is 0.519. The van der Waals surface area contributed by atoms with E-state index in [4.69, 9.17) is 11.6 Å². The van der Waals surface area contributed by atoms with E-state index in [-0.39, 0.29) is 28.7 Å². The Bertz CT molecular complexity index is 1000. The number of rotatable bonds is 5. The molecule has 1 aliphatic heterocycles. The molecule has 34 heavy (non-hydrogen) atoms. The molecule has 3 aliphatic rings. The van der Waals surface area contributed by atoms with Crippen molar-refractivity contribution in [2.45, 2.75) is 75.9 Å². The lowest BCUT2D eigenvalue weighted by atomic mass is 9.71. The van der Waals surface area contributed by atoms with E-state index in [1.165, 1.54) is 31.0 Å². The van der Waals surface area contributed by atoms with E-state index in [2.05, 4.69) is 16.0 Å². The second kappa shape index (κ2) is 9.73. The lowest BCUT2D eigenvalue weighted by molar-refractivity contribution is -0.130. The fourth-order valence-electron chi connectivity index (χ4n) is 6.17. The highest BCUT2D eigenvalue weighted by Gasteiger charge is 2.52. The van der Waals surface area contributed by atoms with Crippen LogP contribution < -0.4 is 16.0 Å². The maximum Gasteiger partial charge on any atom is 0.228 e. The first kappa shape index (κ1) is 23.4. The standard InChI is InChI=1S/C27H32ClF2N3O/c28-21-15-23-24(16-22(21)30)33-27(32-23,18-11-13-19(29)14-12-18)25(17-7-3-1-4-8-17)26(34)31-20-9-5-2-6-10-20/h11-17,20,25,32-33H,1-10H2,(H,31,34). The van der Waals surface area contributed by atoms with Crippen molar-refractivity contribution in [2.24, 2.45) is 11.8 Å². The molecule has 2 aromatic rings. The van der Waals surface area contributed by atoms with Gasteiger partial charge < -0.3 is 16.0 Å². The molecule has 0 aromatic heterocycles. The van der Waals surface area contributed by atoms with Crippen molar-refractivity contribution >= 4 is 28.9 Å². The van der Waals surface area contributed by atoms with Gasteiger partial charge in [-0.3, -0.25) is 4.79 Å². The Kier molecular flexibility index (Phi) is 6.70. The Morgan fingerprint density at radius 1 is 0.912 bits per heavy atom. The second-order valence-electron chi connectivity index (χ2n) is 10.1. The number of amides is 1. The second-order valence-corrected chi connectivity index (χ2v) is 10.5. The van der Waals surface area contributed by atoms with Crippen molar-refractivity contribution < 1.29 is 13.6 Å². The van der Waals surface area contributed by atoms with Crippen molar-refractivity contribution in [1.82, 2.24) is 5.32 Å². The van der Waals surface area contributed by atoms with E-state index in [1.807, 2.05) is 0 Å². The topological polar surface area (TPSA) is 53.2 Å². The first-order valence-electron chi connectivity index (χ1n) is 12.6. The van der Waals surface area contributed by atoms with Gasteiger partial charge in [-0.2, -0.15) is 0 Å². The average Bonchev–Trinajstić information content (AvgIpc) is 3.19. The molecule has 2 saturated carbocycles. The molecule has 0 bridgehead atoms. The minimum absolute atomic E-state index is 0.00231. The fourth-order valence-corrected chi connectivity index (χ4v) is 6.34. The maximum absolute atomic E-state index is 14.4. The molecule has 1 heterocycles. The molecule has 2 aliphatic carbocycles. The lowest BCUT2D eigenvalue weighted by Crippen LogP contribution is -2.56. The summed E-state index contributed by atoms with van der Waals surface area (Å²) in [4.78, 5) is 14.1. The summed E-state index contributed by atoms with van der Waals surface area (Å²) in [7, 11) is 0. The third kappa shape index (κ3) is 4.49. The van der Waals surface area contributed by atoms with Crippen LogP contribution in [0, 0.1) is 23.5 Å². The summed E-state index contributed by atoms with van der Waals surface area (Å²) in [5.74, 6) is -1.19. The van der Waals surface area contributed by atoms with Gasteiger partial charge in [0, 0.05) is 12.1 Å². The van der Waals surface area contributed by atoms with E-state index < -0.39 is 17.4 Å². The third-order valence-corrected chi connectivity index (χ3v) is 8.14. The van der Waals surface area contributed by atoms with Crippen LogP contribution in [-0.2, 0) is 10.5 Å². The normalized spacial score (nSPS) is 24.1. The first-order valence-corrected chi connectivity index (χ1v) is 13.0. The summed E-state index contributed by atoms with van der Waals surface area (Å²) in [6, 6.07) is 9.34. The van der Waals surface area contributed by atoms with Crippen molar-refractivity contribution in [1.29, 1.82) is 0 Å². The summed E-state index contributed by atoms with van der Waals surface area (Å²) >= 11 is 6.10. The summed E-state index contributed by atoms with van der Waals surface area (Å²) in [6.07, 6.45) is 10.7. The van der Waals surface area contributed by atoms with Gasteiger partial charge in [0.05, 0.1) is 22.3 Å². The number of carbonyl (C=O) groups excluding carboxylic acids is 1. The van der Waals surface area contributed by atoms with Gasteiger partial charge in [-0.1, -0.05) is 62.3 Å². The number of benzene rings is 2. The Balaban J connectivity index is 1.58. The molecule has 2 fully saturated rings. The van der Waals surface area contributed by atoms with Crippen molar-refractivity contribution in [3.05, 3.63) is 58.6 Å². The molecule has 182 valence electrons. The molecule has 2 atom stereocenters. The molecule has 2 unspecified atom stereocenters. The van der Waals surface area contributed by atoms with Gasteiger partial charge in [-0.25, -0.2) is 8.78 Å². The molecule has 0 radical (unpaired) electrons. The number of halogens is 3. The zero-order valence-corrected chi connectivity index (χ0v) is 20.1. The average molecular weight is 488 g/mol. The van der Waals surface area contributed by atoms with E-state index in [9.17, 15) is 13.6 Å². The molecule has 3 N–H and O–H groups in total. The zero-order chi connectivity index (χ0) is 23.7. The number of nitrogens with one attached hydrogen (secondary N) is 3. The van der Waals surface area contributed by atoms with Crippen LogP contribution in [0.15, 0.2) is 36.4 Å². The summed E-state index contributed by atoms with van der Waals surface area (Å²) in [5, 5.41) is 10.4. The summed E-state index contributed by atoms with van der Waals surface area (Å²) < 4.78 is 28.3. The number of carbonyl (C=O) groups is 1. The lowest BCUT2D eigenvalue weighted by Gasteiger charge is -2.44. The van der Waals surface area contributed by atoms with Crippen LogP contribution in [0.1, 0.15) is 69.8 Å². The van der Waals surface area contributed by atoms with Gasteiger partial charge in [-0.05, 0) is 55.4 Å². The van der Waals surface area contributed by atoms with Crippen molar-refractivity contribution in [3.8, 4) is 0 Å². The number of hydrogen-bond acceptors (Lipinski definition) is 3. The molecule has 0 saturated heterocycles. The number of hydrogen-bond donors (Lipinski definition) is 3. The van der Waals surface area contributed by atoms with E-state index in [0.29, 0.717) is 11.4 Å². The van der Waals surface area contributed by atoms with Crippen molar-refractivity contribution in [3.63, 3.8) is 0 Å². The molecule has 5 rings (SSSR count). The number of anilines is 2. The molecular weight excluding hydrogens is 456 g/mol. The van der Waals surface area contributed by atoms with Crippen LogP contribution >= 0.6 is 11.6 Å². The predicted molar refractivity (Wildman–Crippen MR) is 132 cm³/mol. The van der Waals surface area contributed by atoms with E-state index in [0.717, 1.165) is 56.9 Å². The van der Waals surface area contributed by atoms with Crippen LogP contribution in [0.2, 0.25) is 5.02 Å². The third-order valence-electron chi connectivity index (χ3n) is 7.85. The van der Waals surface area contributed by atoms with Gasteiger partial charge in [0.1, 0.15) is 17.3 Å². The van der Waals surface area contributed by atoms with Crippen LogP contribution in [0.5, 0.6) is 0 Å². The quantitative estimate of drug-likeness (QED) is 0.427. The highest BCUT2D eigenvalue weighted by atomic mass is 35.5. The van der Waals surface area contributed by atoms with Gasteiger partial charge in [-0.15, -0.1) is 0 Å². The van der Waals surface area contributed by atoms with Crippen LogP contribution in [0.4, 0.5) is 20.2 Å². The Hall–Kier alpha value is -2.34. The maximum atomic E-state index is 14.4. The molecular formula is C27H32ClF2N3O. The summed E-state index contributed by atoms with van der Waals surface area (Å²) in [5.41, 5.74) is 0.906. The molecule has 4 nitrogen and oxygen atoms in total. The van der Waals surface area contributed by atoms with Crippen LogP contribution in [0.25, 0.3) is 0 Å². The Morgan fingerprint density at radius 3 is 2.15 bits per heavy atom. The van der Waals surface area contributed by atoms with Crippen molar-refractivity contribution in [2.75, 3.05) is 10.6 Å². The monoisotopic (exact) mass is 487 g/mol. The highest BCUT2D eigenvalue weighted by Crippen LogP contribution is 2.49. The first-order chi connectivity index (χ1) is 16.5. The molecule has 7 heteroatoms. The van der Waals surface area contributed by atoms with Gasteiger partial charge in [0.25, 0.3) is 0 Å². The predicted octanol–water partition coefficient (Wildman–Crippen LogP) is 6.95. The van der Waals surface area contributed by atoms with E-state index in [1.54, 1.807) is 18.2 Å². The Morgan fingerprint density at radius 2 is 1.50 bits per heavy atom. The Labute approximate surface area is 204 Å².